The number of hydrogen-bond acceptors (Lipinski definition) is 2. The van der Waals surface area contributed by atoms with Gasteiger partial charge in [-0.3, -0.25) is 4.79 Å². The van der Waals surface area contributed by atoms with Gasteiger partial charge in [-0.1, -0.05) is 18.2 Å². The Morgan fingerprint density at radius 2 is 1.94 bits per heavy atom. The second-order valence-electron chi connectivity index (χ2n) is 3.28. The minimum Gasteiger partial charge on any atom is -0.360 e. The molecule has 1 N–H and O–H groups in total. The van der Waals surface area contributed by atoms with Crippen molar-refractivity contribution >= 4 is 27.4 Å². The number of benzene rings is 1. The molecule has 92 valence electrons. The first-order chi connectivity index (χ1) is 7.82. The molecule has 0 radical (unpaired) electrons. The van der Waals surface area contributed by atoms with Crippen molar-refractivity contribution in [3.05, 3.63) is 40.5 Å². The molecule has 1 aromatic carbocycles. The van der Waals surface area contributed by atoms with Crippen LogP contribution < -0.4 is 5.32 Å². The molecule has 0 saturated heterocycles. The Bertz CT molecular complexity index is 454. The summed E-state index contributed by atoms with van der Waals surface area (Å²) in [6, 6.07) is 7.04. The highest BCUT2D eigenvalue weighted by Gasteiger charge is 2.39. The van der Waals surface area contributed by atoms with E-state index in [4.69, 9.17) is 0 Å². The summed E-state index contributed by atoms with van der Waals surface area (Å²) in [5.74, 6) is -1.92. The van der Waals surface area contributed by atoms with Gasteiger partial charge in [-0.15, -0.1) is 0 Å². The van der Waals surface area contributed by atoms with Gasteiger partial charge in [0.1, 0.15) is 0 Å². The topological polar surface area (TPSA) is 29.1 Å². The number of halogens is 4. The molecule has 0 unspecified atom stereocenters. The van der Waals surface area contributed by atoms with Crippen molar-refractivity contribution in [3.8, 4) is 0 Å². The first kappa shape index (κ1) is 13.8. The minimum absolute atomic E-state index is 0.562. The van der Waals surface area contributed by atoms with E-state index in [2.05, 4.69) is 21.2 Å². The number of alkyl halides is 3. The second-order valence-corrected chi connectivity index (χ2v) is 4.13. The van der Waals surface area contributed by atoms with Crippen LogP contribution in [0.2, 0.25) is 0 Å². The molecule has 0 fully saturated rings. The molecule has 0 atom stereocenters. The number of aryl methyl sites for hydroxylation is 1. The van der Waals surface area contributed by atoms with E-state index in [1.54, 1.807) is 31.2 Å². The summed E-state index contributed by atoms with van der Waals surface area (Å²) >= 11 is 2.59. The Kier molecular flexibility index (Phi) is 4.34. The first-order valence-corrected chi connectivity index (χ1v) is 5.41. The smallest absolute Gasteiger partial charge is 0.360 e. The van der Waals surface area contributed by atoms with Crippen molar-refractivity contribution < 1.29 is 18.0 Å². The Labute approximate surface area is 105 Å². The number of hydrogen-bond donors (Lipinski definition) is 1. The van der Waals surface area contributed by atoms with Crippen LogP contribution >= 0.6 is 15.9 Å². The fourth-order valence-electron chi connectivity index (χ4n) is 1.08. The maximum absolute atomic E-state index is 12.1. The molecule has 0 aliphatic rings. The van der Waals surface area contributed by atoms with Crippen molar-refractivity contribution in [1.29, 1.82) is 0 Å². The molecule has 0 aliphatic heterocycles. The number of ketones is 1. The van der Waals surface area contributed by atoms with Crippen LogP contribution in [-0.4, -0.2) is 12.0 Å². The van der Waals surface area contributed by atoms with Crippen LogP contribution in [0.15, 0.2) is 34.9 Å². The van der Waals surface area contributed by atoms with E-state index in [9.17, 15) is 18.0 Å². The van der Waals surface area contributed by atoms with Gasteiger partial charge < -0.3 is 5.32 Å². The zero-order chi connectivity index (χ0) is 13.1. The van der Waals surface area contributed by atoms with Crippen molar-refractivity contribution in [3.63, 3.8) is 0 Å². The van der Waals surface area contributed by atoms with Gasteiger partial charge >= 0.3 is 6.18 Å². The Morgan fingerprint density at radius 1 is 1.35 bits per heavy atom. The van der Waals surface area contributed by atoms with E-state index in [0.717, 1.165) is 11.8 Å². The largest absolute Gasteiger partial charge is 0.455 e. The second kappa shape index (κ2) is 5.35. The van der Waals surface area contributed by atoms with Crippen molar-refractivity contribution in [2.45, 2.75) is 13.1 Å². The number of anilines is 1. The van der Waals surface area contributed by atoms with E-state index in [0.29, 0.717) is 5.69 Å². The highest BCUT2D eigenvalue weighted by molar-refractivity contribution is 9.12. The number of carbonyl (C=O) groups is 1. The lowest BCUT2D eigenvalue weighted by Crippen LogP contribution is -2.22. The summed E-state index contributed by atoms with van der Waals surface area (Å²) in [6.45, 7) is 1.80. The van der Waals surface area contributed by atoms with Gasteiger partial charge in [0.15, 0.2) is 0 Å². The Morgan fingerprint density at radius 3 is 2.47 bits per heavy atom. The maximum Gasteiger partial charge on any atom is 0.455 e. The molecule has 1 rings (SSSR count). The SMILES string of the molecule is Cc1ccccc1NC=C(Br)C(=O)C(F)(F)F. The summed E-state index contributed by atoms with van der Waals surface area (Å²) < 4.78 is 35.6. The van der Waals surface area contributed by atoms with Gasteiger partial charge in [-0.2, -0.15) is 13.2 Å². The van der Waals surface area contributed by atoms with Crippen LogP contribution in [0, 0.1) is 6.92 Å². The summed E-state index contributed by atoms with van der Waals surface area (Å²) in [6.07, 6.45) is -3.89. The molecule has 0 saturated carbocycles. The molecule has 1 aromatic rings. The molecule has 0 aliphatic carbocycles. The quantitative estimate of drug-likeness (QED) is 0.861. The zero-order valence-electron chi connectivity index (χ0n) is 8.81. The van der Waals surface area contributed by atoms with Crippen LogP contribution in [-0.2, 0) is 4.79 Å². The Balaban J connectivity index is 2.79. The number of allylic oxidation sites excluding steroid dienone is 1. The minimum atomic E-state index is -4.87. The van der Waals surface area contributed by atoms with E-state index in [1.165, 1.54) is 0 Å². The third kappa shape index (κ3) is 3.89. The first-order valence-electron chi connectivity index (χ1n) is 4.61. The summed E-state index contributed by atoms with van der Waals surface area (Å²) in [7, 11) is 0. The van der Waals surface area contributed by atoms with Gasteiger partial charge in [0, 0.05) is 11.9 Å². The van der Waals surface area contributed by atoms with Gasteiger partial charge in [0.25, 0.3) is 5.78 Å². The number of carbonyl (C=O) groups excluding carboxylic acids is 1. The zero-order valence-corrected chi connectivity index (χ0v) is 10.4. The average Bonchev–Trinajstić information content (AvgIpc) is 2.25. The van der Waals surface area contributed by atoms with Gasteiger partial charge in [0.2, 0.25) is 0 Å². The lowest BCUT2D eigenvalue weighted by Gasteiger charge is -2.07. The molecular weight excluding hydrogens is 299 g/mol. The average molecular weight is 308 g/mol. The molecular formula is C11H9BrF3NO. The van der Waals surface area contributed by atoms with Crippen LogP contribution in [0.3, 0.4) is 0 Å². The lowest BCUT2D eigenvalue weighted by atomic mass is 10.2. The van der Waals surface area contributed by atoms with E-state index in [-0.39, 0.29) is 0 Å². The predicted molar refractivity (Wildman–Crippen MR) is 62.9 cm³/mol. The molecule has 17 heavy (non-hydrogen) atoms. The fraction of sp³-hybridized carbons (Fsp3) is 0.182. The van der Waals surface area contributed by atoms with Gasteiger partial charge in [0.05, 0.1) is 4.48 Å². The van der Waals surface area contributed by atoms with E-state index >= 15 is 0 Å². The molecule has 0 bridgehead atoms. The molecule has 0 heterocycles. The van der Waals surface area contributed by atoms with Crippen LogP contribution in [0.25, 0.3) is 0 Å². The standard InChI is InChI=1S/C11H9BrF3NO/c1-7-4-2-3-5-9(7)16-6-8(12)10(17)11(13,14)15/h2-6,16H,1H3. The molecule has 0 spiro atoms. The van der Waals surface area contributed by atoms with Crippen LogP contribution in [0.4, 0.5) is 18.9 Å². The third-order valence-corrected chi connectivity index (χ3v) is 2.56. The summed E-state index contributed by atoms with van der Waals surface area (Å²) in [4.78, 5) is 10.8. The van der Waals surface area contributed by atoms with Crippen molar-refractivity contribution in [2.24, 2.45) is 0 Å². The van der Waals surface area contributed by atoms with E-state index < -0.39 is 16.4 Å². The maximum atomic E-state index is 12.1. The number of nitrogens with one attached hydrogen (secondary N) is 1. The van der Waals surface area contributed by atoms with Gasteiger partial charge in [-0.05, 0) is 34.5 Å². The third-order valence-electron chi connectivity index (χ3n) is 1.97. The van der Waals surface area contributed by atoms with Crippen molar-refractivity contribution in [1.82, 2.24) is 0 Å². The number of Topliss-reactive ketones (excluding diaryl/α,β-unsaturated/α-hetero) is 1. The summed E-state index contributed by atoms with van der Waals surface area (Å²) in [5.41, 5.74) is 1.50. The Hall–Kier alpha value is -1.30. The van der Waals surface area contributed by atoms with Crippen molar-refractivity contribution in [2.75, 3.05) is 5.32 Å². The summed E-state index contributed by atoms with van der Waals surface area (Å²) in [5, 5.41) is 2.64. The molecule has 2 nitrogen and oxygen atoms in total. The van der Waals surface area contributed by atoms with Gasteiger partial charge in [-0.25, -0.2) is 0 Å². The van der Waals surface area contributed by atoms with Crippen LogP contribution in [0.1, 0.15) is 5.56 Å². The molecule has 0 aromatic heterocycles. The fourth-order valence-corrected chi connectivity index (χ4v) is 1.42. The van der Waals surface area contributed by atoms with E-state index in [1.807, 2.05) is 0 Å². The normalized spacial score (nSPS) is 12.4. The highest BCUT2D eigenvalue weighted by Crippen LogP contribution is 2.24. The molecule has 6 heteroatoms. The number of para-hydroxylation sites is 1. The number of rotatable bonds is 3. The monoisotopic (exact) mass is 307 g/mol. The van der Waals surface area contributed by atoms with Crippen LogP contribution in [0.5, 0.6) is 0 Å². The predicted octanol–water partition coefficient (Wildman–Crippen LogP) is 3.77. The lowest BCUT2D eigenvalue weighted by molar-refractivity contribution is -0.165. The molecule has 0 amide bonds. The highest BCUT2D eigenvalue weighted by atomic mass is 79.9.